The third kappa shape index (κ3) is 4.41. The van der Waals surface area contributed by atoms with Crippen molar-refractivity contribution in [3.05, 3.63) is 60.7 Å². The van der Waals surface area contributed by atoms with E-state index in [1.54, 1.807) is 24.3 Å². The quantitative estimate of drug-likeness (QED) is 0.415. The number of hydrogen-bond donors (Lipinski definition) is 1. The highest BCUT2D eigenvalue weighted by atomic mass is 19.1. The van der Waals surface area contributed by atoms with Crippen molar-refractivity contribution >= 4 is 22.8 Å². The SMILES string of the molecule is CC(=O)OC1CCCC(n2nc(-c3ccc(Oc4cccc(F)c4)cc3)c3c(N)ncnc32)C1. The number of ether oxygens (including phenoxy) is 2. The van der Waals surface area contributed by atoms with Gasteiger partial charge < -0.3 is 15.2 Å². The van der Waals surface area contributed by atoms with Crippen LogP contribution in [0.4, 0.5) is 10.2 Å². The molecular formula is C25H24FN5O3. The molecule has 1 aliphatic carbocycles. The molecule has 0 bridgehead atoms. The normalized spacial score (nSPS) is 18.1. The maximum atomic E-state index is 13.4. The van der Waals surface area contributed by atoms with Gasteiger partial charge in [-0.2, -0.15) is 5.10 Å². The lowest BCUT2D eigenvalue weighted by Gasteiger charge is -2.28. The van der Waals surface area contributed by atoms with Crippen molar-refractivity contribution in [2.24, 2.45) is 0 Å². The molecule has 2 aromatic carbocycles. The van der Waals surface area contributed by atoms with Gasteiger partial charge in [0.25, 0.3) is 0 Å². The number of benzene rings is 2. The summed E-state index contributed by atoms with van der Waals surface area (Å²) in [4.78, 5) is 20.1. The Balaban J connectivity index is 1.47. The lowest BCUT2D eigenvalue weighted by atomic mass is 9.93. The summed E-state index contributed by atoms with van der Waals surface area (Å²) in [5.41, 5.74) is 8.38. The number of nitrogens with two attached hydrogens (primary N) is 1. The molecule has 0 spiro atoms. The summed E-state index contributed by atoms with van der Waals surface area (Å²) in [6.45, 7) is 1.43. The fourth-order valence-electron chi connectivity index (χ4n) is 4.48. The van der Waals surface area contributed by atoms with E-state index in [0.717, 1.165) is 24.8 Å². The molecule has 2 aromatic heterocycles. The van der Waals surface area contributed by atoms with Gasteiger partial charge in [0, 0.05) is 25.0 Å². The van der Waals surface area contributed by atoms with Crippen molar-refractivity contribution in [2.45, 2.75) is 44.8 Å². The molecular weight excluding hydrogens is 437 g/mol. The predicted octanol–water partition coefficient (Wildman–Crippen LogP) is 5.05. The summed E-state index contributed by atoms with van der Waals surface area (Å²) >= 11 is 0. The van der Waals surface area contributed by atoms with Gasteiger partial charge in [0.1, 0.15) is 41.3 Å². The van der Waals surface area contributed by atoms with Crippen LogP contribution in [0.5, 0.6) is 11.5 Å². The number of anilines is 1. The Morgan fingerprint density at radius 1 is 1.12 bits per heavy atom. The topological polar surface area (TPSA) is 105 Å². The smallest absolute Gasteiger partial charge is 0.302 e. The van der Waals surface area contributed by atoms with Crippen LogP contribution in [0.15, 0.2) is 54.9 Å². The molecule has 0 amide bonds. The first-order valence-corrected chi connectivity index (χ1v) is 11.2. The standard InChI is InChI=1S/C25H24FN5O3/c1-15(32)33-21-7-3-5-18(13-21)31-25-22(24(27)28-14-29-25)23(30-31)16-8-10-19(11-9-16)34-20-6-2-4-17(26)12-20/h2,4,6,8-12,14,18,21H,3,5,7,13H2,1H3,(H2,27,28,29). The van der Waals surface area contributed by atoms with E-state index in [9.17, 15) is 9.18 Å². The second-order valence-corrected chi connectivity index (χ2v) is 8.39. The zero-order chi connectivity index (χ0) is 23.7. The number of aromatic nitrogens is 4. The van der Waals surface area contributed by atoms with Gasteiger partial charge in [-0.1, -0.05) is 6.07 Å². The van der Waals surface area contributed by atoms with Gasteiger partial charge in [-0.25, -0.2) is 19.0 Å². The summed E-state index contributed by atoms with van der Waals surface area (Å²) in [6.07, 6.45) is 4.62. The van der Waals surface area contributed by atoms with Crippen LogP contribution in [0.25, 0.3) is 22.3 Å². The molecule has 2 N–H and O–H groups in total. The lowest BCUT2D eigenvalue weighted by Crippen LogP contribution is -2.27. The van der Waals surface area contributed by atoms with E-state index in [1.165, 1.54) is 25.4 Å². The Hall–Kier alpha value is -4.01. The fourth-order valence-corrected chi connectivity index (χ4v) is 4.48. The molecule has 8 nitrogen and oxygen atoms in total. The Labute approximate surface area is 195 Å². The molecule has 0 aliphatic heterocycles. The molecule has 1 aliphatic rings. The number of halogens is 1. The number of fused-ring (bicyclic) bond motifs is 1. The largest absolute Gasteiger partial charge is 0.462 e. The number of carbonyl (C=O) groups excluding carboxylic acids is 1. The number of carbonyl (C=O) groups is 1. The third-order valence-corrected chi connectivity index (χ3v) is 5.95. The van der Waals surface area contributed by atoms with Crippen LogP contribution in [0.3, 0.4) is 0 Å². The van der Waals surface area contributed by atoms with Crippen LogP contribution in [0.1, 0.15) is 38.6 Å². The fraction of sp³-hybridized carbons (Fsp3) is 0.280. The van der Waals surface area contributed by atoms with Gasteiger partial charge in [0.15, 0.2) is 5.65 Å². The number of nitrogens with zero attached hydrogens (tertiary/aromatic N) is 4. The van der Waals surface area contributed by atoms with Gasteiger partial charge in [-0.05, 0) is 55.7 Å². The van der Waals surface area contributed by atoms with Gasteiger partial charge in [-0.15, -0.1) is 0 Å². The Morgan fingerprint density at radius 3 is 2.71 bits per heavy atom. The molecule has 9 heteroatoms. The Kier molecular flexibility index (Phi) is 5.83. The van der Waals surface area contributed by atoms with Crippen molar-refractivity contribution in [1.29, 1.82) is 0 Å². The maximum Gasteiger partial charge on any atom is 0.302 e. The molecule has 0 saturated heterocycles. The van der Waals surface area contributed by atoms with Crippen molar-refractivity contribution in [2.75, 3.05) is 5.73 Å². The highest BCUT2D eigenvalue weighted by Crippen LogP contribution is 2.37. The van der Waals surface area contributed by atoms with Gasteiger partial charge in [0.05, 0.1) is 11.4 Å². The molecule has 2 atom stereocenters. The van der Waals surface area contributed by atoms with E-state index >= 15 is 0 Å². The Bertz CT molecular complexity index is 1340. The molecule has 34 heavy (non-hydrogen) atoms. The molecule has 2 unspecified atom stereocenters. The molecule has 1 fully saturated rings. The van der Waals surface area contributed by atoms with E-state index in [4.69, 9.17) is 20.3 Å². The van der Waals surface area contributed by atoms with Crippen molar-refractivity contribution in [3.63, 3.8) is 0 Å². The van der Waals surface area contributed by atoms with Crippen molar-refractivity contribution in [3.8, 4) is 22.8 Å². The summed E-state index contributed by atoms with van der Waals surface area (Å²) < 4.78 is 26.5. The minimum Gasteiger partial charge on any atom is -0.462 e. The van der Waals surface area contributed by atoms with E-state index in [2.05, 4.69) is 9.97 Å². The number of rotatable bonds is 5. The van der Waals surface area contributed by atoms with Crippen LogP contribution in [-0.4, -0.2) is 31.8 Å². The number of esters is 1. The van der Waals surface area contributed by atoms with Crippen LogP contribution >= 0.6 is 0 Å². The van der Waals surface area contributed by atoms with Gasteiger partial charge in [-0.3, -0.25) is 4.79 Å². The van der Waals surface area contributed by atoms with E-state index in [1.807, 2.05) is 16.8 Å². The monoisotopic (exact) mass is 461 g/mol. The predicted molar refractivity (Wildman–Crippen MR) is 125 cm³/mol. The highest BCUT2D eigenvalue weighted by Gasteiger charge is 2.29. The molecule has 4 aromatic rings. The molecule has 174 valence electrons. The minimum absolute atomic E-state index is 0.0271. The molecule has 1 saturated carbocycles. The first kappa shape index (κ1) is 21.8. The van der Waals surface area contributed by atoms with E-state index in [-0.39, 0.29) is 23.9 Å². The molecule has 5 rings (SSSR count). The number of nitrogen functional groups attached to an aromatic ring is 1. The average molecular weight is 461 g/mol. The van der Waals surface area contributed by atoms with Crippen LogP contribution in [-0.2, 0) is 9.53 Å². The first-order chi connectivity index (χ1) is 16.5. The number of hydrogen-bond acceptors (Lipinski definition) is 7. The second kappa shape index (κ2) is 9.09. The van der Waals surface area contributed by atoms with E-state index < -0.39 is 0 Å². The summed E-state index contributed by atoms with van der Waals surface area (Å²) in [5.74, 6) is 0.696. The second-order valence-electron chi connectivity index (χ2n) is 8.39. The van der Waals surface area contributed by atoms with Crippen LogP contribution < -0.4 is 10.5 Å². The molecule has 0 radical (unpaired) electrons. The maximum absolute atomic E-state index is 13.4. The summed E-state index contributed by atoms with van der Waals surface area (Å²) in [7, 11) is 0. The minimum atomic E-state index is -0.361. The van der Waals surface area contributed by atoms with Crippen LogP contribution in [0, 0.1) is 5.82 Å². The average Bonchev–Trinajstić information content (AvgIpc) is 3.20. The first-order valence-electron chi connectivity index (χ1n) is 11.2. The Morgan fingerprint density at radius 2 is 1.94 bits per heavy atom. The van der Waals surface area contributed by atoms with Crippen molar-refractivity contribution in [1.82, 2.24) is 19.7 Å². The zero-order valence-corrected chi connectivity index (χ0v) is 18.6. The zero-order valence-electron chi connectivity index (χ0n) is 18.6. The van der Waals surface area contributed by atoms with Gasteiger partial charge in [0.2, 0.25) is 0 Å². The van der Waals surface area contributed by atoms with E-state index in [0.29, 0.717) is 40.5 Å². The summed E-state index contributed by atoms with van der Waals surface area (Å²) in [6, 6.07) is 13.3. The van der Waals surface area contributed by atoms with Crippen molar-refractivity contribution < 1.29 is 18.7 Å². The highest BCUT2D eigenvalue weighted by molar-refractivity contribution is 5.98. The third-order valence-electron chi connectivity index (χ3n) is 5.95. The van der Waals surface area contributed by atoms with Crippen LogP contribution in [0.2, 0.25) is 0 Å². The van der Waals surface area contributed by atoms with Gasteiger partial charge >= 0.3 is 5.97 Å². The summed E-state index contributed by atoms with van der Waals surface area (Å²) in [5, 5.41) is 5.56. The molecule has 2 heterocycles. The lowest BCUT2D eigenvalue weighted by molar-refractivity contribution is -0.148.